The van der Waals surface area contributed by atoms with E-state index >= 15 is 0 Å². The summed E-state index contributed by atoms with van der Waals surface area (Å²) >= 11 is 1.25. The molecular weight excluding hydrogens is 362 g/mol. The zero-order valence-corrected chi connectivity index (χ0v) is 16.0. The van der Waals surface area contributed by atoms with Gasteiger partial charge >= 0.3 is 5.97 Å². The molecule has 0 aliphatic rings. The van der Waals surface area contributed by atoms with Crippen LogP contribution in [-0.2, 0) is 14.6 Å². The van der Waals surface area contributed by atoms with Crippen molar-refractivity contribution < 1.29 is 22.7 Å². The molecule has 0 aliphatic heterocycles. The number of aryl methyl sites for hydroxylation is 1. The van der Waals surface area contributed by atoms with Crippen molar-refractivity contribution in [1.82, 2.24) is 0 Å². The zero-order chi connectivity index (χ0) is 18.8. The number of hydrogen-bond donors (Lipinski definition) is 1. The lowest BCUT2D eigenvalue weighted by Gasteiger charge is -2.09. The molecule has 134 valence electrons. The SMILES string of the molecule is CCOC(=O)c1c(NC(=O)c2ccccc2S(C)(=O)=O)sc(C)c1C. The van der Waals surface area contributed by atoms with Gasteiger partial charge in [-0.3, -0.25) is 4.79 Å². The van der Waals surface area contributed by atoms with E-state index in [9.17, 15) is 18.0 Å². The number of anilines is 1. The molecule has 0 atom stereocenters. The van der Waals surface area contributed by atoms with Crippen LogP contribution >= 0.6 is 11.3 Å². The van der Waals surface area contributed by atoms with Crippen LogP contribution in [0.4, 0.5) is 5.00 Å². The average Bonchev–Trinajstić information content (AvgIpc) is 2.81. The molecule has 8 heteroatoms. The second-order valence-electron chi connectivity index (χ2n) is 5.43. The lowest BCUT2D eigenvalue weighted by atomic mass is 10.1. The van der Waals surface area contributed by atoms with E-state index in [-0.39, 0.29) is 17.1 Å². The summed E-state index contributed by atoms with van der Waals surface area (Å²) in [7, 11) is -3.56. The van der Waals surface area contributed by atoms with E-state index in [4.69, 9.17) is 4.74 Å². The van der Waals surface area contributed by atoms with Gasteiger partial charge in [0.05, 0.1) is 22.6 Å². The number of rotatable bonds is 5. The van der Waals surface area contributed by atoms with Crippen LogP contribution < -0.4 is 5.32 Å². The molecule has 0 fully saturated rings. The van der Waals surface area contributed by atoms with Gasteiger partial charge in [-0.2, -0.15) is 0 Å². The molecule has 0 saturated heterocycles. The highest BCUT2D eigenvalue weighted by Gasteiger charge is 2.24. The van der Waals surface area contributed by atoms with Crippen LogP contribution in [0, 0.1) is 13.8 Å². The Morgan fingerprint density at radius 1 is 1.20 bits per heavy atom. The third-order valence-corrected chi connectivity index (χ3v) is 5.90. The van der Waals surface area contributed by atoms with E-state index in [1.807, 2.05) is 6.92 Å². The number of sulfone groups is 1. The number of esters is 1. The molecule has 2 rings (SSSR count). The normalized spacial score (nSPS) is 11.2. The lowest BCUT2D eigenvalue weighted by Crippen LogP contribution is -2.17. The predicted molar refractivity (Wildman–Crippen MR) is 97.3 cm³/mol. The van der Waals surface area contributed by atoms with Crippen molar-refractivity contribution in [2.45, 2.75) is 25.7 Å². The average molecular weight is 381 g/mol. The maximum Gasteiger partial charge on any atom is 0.341 e. The van der Waals surface area contributed by atoms with E-state index in [0.29, 0.717) is 10.6 Å². The molecule has 0 bridgehead atoms. The molecule has 1 aromatic heterocycles. The smallest absolute Gasteiger partial charge is 0.341 e. The Morgan fingerprint density at radius 2 is 1.84 bits per heavy atom. The van der Waals surface area contributed by atoms with Crippen LogP contribution in [0.15, 0.2) is 29.2 Å². The molecule has 2 aromatic rings. The molecule has 0 saturated carbocycles. The summed E-state index contributed by atoms with van der Waals surface area (Å²) in [5, 5.41) is 3.00. The highest BCUT2D eigenvalue weighted by atomic mass is 32.2. The summed E-state index contributed by atoms with van der Waals surface area (Å²) in [5.74, 6) is -1.11. The van der Waals surface area contributed by atoms with Gasteiger partial charge in [-0.15, -0.1) is 11.3 Å². The van der Waals surface area contributed by atoms with Crippen LogP contribution in [0.5, 0.6) is 0 Å². The van der Waals surface area contributed by atoms with E-state index in [0.717, 1.165) is 16.7 Å². The maximum absolute atomic E-state index is 12.6. The van der Waals surface area contributed by atoms with Crippen molar-refractivity contribution in [3.63, 3.8) is 0 Å². The first-order valence-electron chi connectivity index (χ1n) is 7.54. The van der Waals surface area contributed by atoms with Crippen LogP contribution in [0.1, 0.15) is 38.1 Å². The zero-order valence-electron chi connectivity index (χ0n) is 14.4. The van der Waals surface area contributed by atoms with Crippen molar-refractivity contribution in [3.05, 3.63) is 45.8 Å². The Bertz CT molecular complexity index is 929. The Morgan fingerprint density at radius 3 is 2.44 bits per heavy atom. The number of carbonyl (C=O) groups excluding carboxylic acids is 2. The van der Waals surface area contributed by atoms with Crippen molar-refractivity contribution in [1.29, 1.82) is 0 Å². The van der Waals surface area contributed by atoms with Crippen LogP contribution in [0.2, 0.25) is 0 Å². The first-order valence-corrected chi connectivity index (χ1v) is 10.2. The van der Waals surface area contributed by atoms with Crippen molar-refractivity contribution in [2.24, 2.45) is 0 Å². The molecule has 0 aliphatic carbocycles. The summed E-state index contributed by atoms with van der Waals surface area (Å²) in [6.07, 6.45) is 1.04. The van der Waals surface area contributed by atoms with Gasteiger partial charge in [0.1, 0.15) is 5.00 Å². The topological polar surface area (TPSA) is 89.5 Å². The van der Waals surface area contributed by atoms with E-state index in [1.165, 1.54) is 23.5 Å². The van der Waals surface area contributed by atoms with Gasteiger partial charge in [-0.1, -0.05) is 12.1 Å². The standard InChI is InChI=1S/C17H19NO5S2/c1-5-23-17(20)14-10(2)11(3)24-16(14)18-15(19)12-8-6-7-9-13(12)25(4,21)22/h6-9H,5H2,1-4H3,(H,18,19). The van der Waals surface area contributed by atoms with E-state index in [1.54, 1.807) is 26.0 Å². The first-order chi connectivity index (χ1) is 11.7. The minimum Gasteiger partial charge on any atom is -0.462 e. The van der Waals surface area contributed by atoms with E-state index < -0.39 is 21.7 Å². The molecule has 25 heavy (non-hydrogen) atoms. The van der Waals surface area contributed by atoms with Gasteiger partial charge in [-0.05, 0) is 38.5 Å². The monoisotopic (exact) mass is 381 g/mol. The van der Waals surface area contributed by atoms with Gasteiger partial charge in [-0.25, -0.2) is 13.2 Å². The van der Waals surface area contributed by atoms with Crippen LogP contribution in [-0.4, -0.2) is 33.2 Å². The predicted octanol–water partition coefficient (Wildman–Crippen LogP) is 3.20. The van der Waals surface area contributed by atoms with Crippen molar-refractivity contribution in [3.8, 4) is 0 Å². The Hall–Kier alpha value is -2.19. The van der Waals surface area contributed by atoms with Gasteiger partial charge in [0.2, 0.25) is 0 Å². The maximum atomic E-state index is 12.6. The molecular formula is C17H19NO5S2. The van der Waals surface area contributed by atoms with Crippen molar-refractivity contribution >= 4 is 38.1 Å². The summed E-state index contributed by atoms with van der Waals surface area (Å²) < 4.78 is 28.8. The second-order valence-corrected chi connectivity index (χ2v) is 8.64. The number of benzene rings is 1. The highest BCUT2D eigenvalue weighted by Crippen LogP contribution is 2.33. The molecule has 1 amide bonds. The highest BCUT2D eigenvalue weighted by molar-refractivity contribution is 7.90. The minimum atomic E-state index is -3.56. The number of hydrogen-bond acceptors (Lipinski definition) is 6. The van der Waals surface area contributed by atoms with Gasteiger partial charge < -0.3 is 10.1 Å². The first kappa shape index (κ1) is 19.1. The quantitative estimate of drug-likeness (QED) is 0.804. The lowest BCUT2D eigenvalue weighted by molar-refractivity contribution is 0.0527. The minimum absolute atomic E-state index is 0.0310. The third kappa shape index (κ3) is 4.08. The number of carbonyl (C=O) groups is 2. The summed E-state index contributed by atoms with van der Waals surface area (Å²) in [5.41, 5.74) is 1.06. The second kappa shape index (κ2) is 7.37. The molecule has 0 radical (unpaired) electrons. The van der Waals surface area contributed by atoms with Crippen molar-refractivity contribution in [2.75, 3.05) is 18.2 Å². The molecule has 1 N–H and O–H groups in total. The molecule has 1 aromatic carbocycles. The van der Waals surface area contributed by atoms with Crippen LogP contribution in [0.3, 0.4) is 0 Å². The number of amides is 1. The number of ether oxygens (including phenoxy) is 1. The van der Waals surface area contributed by atoms with Crippen LogP contribution in [0.25, 0.3) is 0 Å². The molecule has 6 nitrogen and oxygen atoms in total. The van der Waals surface area contributed by atoms with E-state index in [2.05, 4.69) is 5.32 Å². The largest absolute Gasteiger partial charge is 0.462 e. The summed E-state index contributed by atoms with van der Waals surface area (Å²) in [6.45, 7) is 5.53. The Kier molecular flexibility index (Phi) is 5.64. The molecule has 1 heterocycles. The van der Waals surface area contributed by atoms with Gasteiger partial charge in [0.25, 0.3) is 5.91 Å². The number of nitrogens with one attached hydrogen (secondary N) is 1. The van der Waals surface area contributed by atoms with Gasteiger partial charge in [0, 0.05) is 11.1 Å². The Balaban J connectivity index is 2.44. The summed E-state index contributed by atoms with van der Waals surface area (Å²) in [4.78, 5) is 25.6. The fourth-order valence-corrected chi connectivity index (χ4v) is 4.24. The summed E-state index contributed by atoms with van der Waals surface area (Å²) in [6, 6.07) is 5.95. The molecule has 0 spiro atoms. The fraction of sp³-hybridized carbons (Fsp3) is 0.294. The fourth-order valence-electron chi connectivity index (χ4n) is 2.31. The number of thiophene rings is 1. The Labute approximate surface area is 150 Å². The third-order valence-electron chi connectivity index (χ3n) is 3.62. The molecule has 0 unspecified atom stereocenters. The van der Waals surface area contributed by atoms with Gasteiger partial charge in [0.15, 0.2) is 9.84 Å².